The minimum absolute atomic E-state index is 0.286. The summed E-state index contributed by atoms with van der Waals surface area (Å²) in [4.78, 5) is 14.3. The molecule has 2 rings (SSSR count). The molecule has 1 aromatic rings. The van der Waals surface area contributed by atoms with Crippen LogP contribution in [0.3, 0.4) is 0 Å². The number of ether oxygens (including phenoxy) is 1. The summed E-state index contributed by atoms with van der Waals surface area (Å²) < 4.78 is 6.87. The molecule has 1 N–H and O–H groups in total. The molecule has 1 aliphatic heterocycles. The van der Waals surface area contributed by atoms with Crippen LogP contribution < -0.4 is 5.32 Å². The number of carbonyl (C=O) groups is 1. The van der Waals surface area contributed by atoms with Crippen LogP contribution in [0.2, 0.25) is 0 Å². The summed E-state index contributed by atoms with van der Waals surface area (Å²) >= 11 is 0. The molecule has 0 spiro atoms. The Hall–Kier alpha value is -1.40. The molecule has 0 saturated carbocycles. The summed E-state index contributed by atoms with van der Waals surface area (Å²) in [5.41, 5.74) is 1.50. The standard InChI is InChI=1S/C14H24N4O2/c1-5-20-14(19)12-7-16-17(4)13(12)9-18-8-10(2)15-6-11(18)3/h7,10-11,15H,5-6,8-9H2,1-4H3. The van der Waals surface area contributed by atoms with Crippen molar-refractivity contribution in [3.8, 4) is 0 Å². The van der Waals surface area contributed by atoms with Gasteiger partial charge in [0, 0.05) is 38.8 Å². The number of nitrogens with zero attached hydrogens (tertiary/aromatic N) is 3. The van der Waals surface area contributed by atoms with Gasteiger partial charge in [0.05, 0.1) is 18.5 Å². The molecular formula is C14H24N4O2. The molecule has 20 heavy (non-hydrogen) atoms. The van der Waals surface area contributed by atoms with E-state index in [4.69, 9.17) is 4.74 Å². The number of aryl methyl sites for hydroxylation is 1. The first-order valence-electron chi connectivity index (χ1n) is 7.18. The average Bonchev–Trinajstić information content (AvgIpc) is 2.76. The molecule has 6 nitrogen and oxygen atoms in total. The van der Waals surface area contributed by atoms with Crippen LogP contribution in [0, 0.1) is 0 Å². The molecule has 0 bridgehead atoms. The van der Waals surface area contributed by atoms with Crippen molar-refractivity contribution >= 4 is 5.97 Å². The number of aromatic nitrogens is 2. The second-order valence-electron chi connectivity index (χ2n) is 5.44. The molecule has 0 aromatic carbocycles. The fraction of sp³-hybridized carbons (Fsp3) is 0.714. The van der Waals surface area contributed by atoms with Gasteiger partial charge in [0.1, 0.15) is 5.56 Å². The second kappa shape index (κ2) is 6.37. The molecule has 1 saturated heterocycles. The molecule has 0 radical (unpaired) electrons. The normalized spacial score (nSPS) is 23.8. The zero-order chi connectivity index (χ0) is 14.7. The molecule has 0 amide bonds. The minimum Gasteiger partial charge on any atom is -0.462 e. The minimum atomic E-state index is -0.286. The highest BCUT2D eigenvalue weighted by Gasteiger charge is 2.26. The Labute approximate surface area is 120 Å². The summed E-state index contributed by atoms with van der Waals surface area (Å²) in [5.74, 6) is -0.286. The van der Waals surface area contributed by atoms with E-state index < -0.39 is 0 Å². The lowest BCUT2D eigenvalue weighted by Gasteiger charge is -2.37. The van der Waals surface area contributed by atoms with E-state index in [0.29, 0.717) is 24.3 Å². The van der Waals surface area contributed by atoms with Crippen molar-refractivity contribution in [1.82, 2.24) is 20.0 Å². The fourth-order valence-corrected chi connectivity index (χ4v) is 2.54. The average molecular weight is 280 g/mol. The van der Waals surface area contributed by atoms with Gasteiger partial charge in [-0.15, -0.1) is 0 Å². The summed E-state index contributed by atoms with van der Waals surface area (Å²) in [6.07, 6.45) is 1.60. The SMILES string of the molecule is CCOC(=O)c1cnn(C)c1CN1CC(C)NCC1C. The molecule has 2 heterocycles. The van der Waals surface area contributed by atoms with Gasteiger partial charge in [-0.2, -0.15) is 5.10 Å². The Balaban J connectivity index is 2.15. The second-order valence-corrected chi connectivity index (χ2v) is 5.44. The van der Waals surface area contributed by atoms with E-state index in [1.165, 1.54) is 0 Å². The monoisotopic (exact) mass is 280 g/mol. The number of rotatable bonds is 4. The number of hydrogen-bond acceptors (Lipinski definition) is 5. The summed E-state index contributed by atoms with van der Waals surface area (Å²) in [6.45, 7) is 9.22. The Morgan fingerprint density at radius 1 is 1.55 bits per heavy atom. The molecule has 2 atom stereocenters. The Kier molecular flexibility index (Phi) is 4.77. The third-order valence-electron chi connectivity index (χ3n) is 3.80. The van der Waals surface area contributed by atoms with E-state index in [9.17, 15) is 4.79 Å². The van der Waals surface area contributed by atoms with Gasteiger partial charge in [0.2, 0.25) is 0 Å². The van der Waals surface area contributed by atoms with E-state index in [2.05, 4.69) is 29.2 Å². The summed E-state index contributed by atoms with van der Waals surface area (Å²) in [5, 5.41) is 7.66. The first-order chi connectivity index (χ1) is 9.52. The molecule has 1 fully saturated rings. The maximum absolute atomic E-state index is 12.0. The van der Waals surface area contributed by atoms with E-state index in [0.717, 1.165) is 25.3 Å². The van der Waals surface area contributed by atoms with Gasteiger partial charge >= 0.3 is 5.97 Å². The van der Waals surface area contributed by atoms with Crippen LogP contribution in [-0.2, 0) is 18.3 Å². The van der Waals surface area contributed by atoms with Crippen LogP contribution >= 0.6 is 0 Å². The third kappa shape index (κ3) is 3.19. The first kappa shape index (κ1) is 15.0. The molecule has 1 aliphatic rings. The lowest BCUT2D eigenvalue weighted by atomic mass is 10.1. The Bertz CT molecular complexity index is 472. The van der Waals surface area contributed by atoms with Crippen LogP contribution in [-0.4, -0.2) is 52.4 Å². The number of piperazine rings is 1. The van der Waals surface area contributed by atoms with Crippen LogP contribution in [0.5, 0.6) is 0 Å². The van der Waals surface area contributed by atoms with Gasteiger partial charge in [-0.25, -0.2) is 4.79 Å². The topological polar surface area (TPSA) is 59.4 Å². The quantitative estimate of drug-likeness (QED) is 0.826. The molecular weight excluding hydrogens is 256 g/mol. The number of nitrogens with one attached hydrogen (secondary N) is 1. The van der Waals surface area contributed by atoms with Crippen LogP contribution in [0.4, 0.5) is 0 Å². The van der Waals surface area contributed by atoms with Gasteiger partial charge in [-0.1, -0.05) is 0 Å². The third-order valence-corrected chi connectivity index (χ3v) is 3.80. The van der Waals surface area contributed by atoms with Gasteiger partial charge in [-0.05, 0) is 20.8 Å². The fourth-order valence-electron chi connectivity index (χ4n) is 2.54. The molecule has 0 aliphatic carbocycles. The summed E-state index contributed by atoms with van der Waals surface area (Å²) in [6, 6.07) is 0.904. The van der Waals surface area contributed by atoms with E-state index in [1.54, 1.807) is 10.9 Å². The number of carbonyl (C=O) groups excluding carboxylic acids is 1. The number of hydrogen-bond donors (Lipinski definition) is 1. The highest BCUT2D eigenvalue weighted by atomic mass is 16.5. The van der Waals surface area contributed by atoms with E-state index in [1.807, 2.05) is 14.0 Å². The first-order valence-corrected chi connectivity index (χ1v) is 7.18. The van der Waals surface area contributed by atoms with E-state index >= 15 is 0 Å². The predicted octanol–water partition coefficient (Wildman–Crippen LogP) is 0.779. The highest BCUT2D eigenvalue weighted by molar-refractivity contribution is 5.90. The van der Waals surface area contributed by atoms with Crippen molar-refractivity contribution in [2.24, 2.45) is 7.05 Å². The molecule has 2 unspecified atom stereocenters. The van der Waals surface area contributed by atoms with Crippen LogP contribution in [0.15, 0.2) is 6.20 Å². The van der Waals surface area contributed by atoms with Gasteiger partial charge in [-0.3, -0.25) is 9.58 Å². The van der Waals surface area contributed by atoms with Crippen molar-refractivity contribution in [2.75, 3.05) is 19.7 Å². The van der Waals surface area contributed by atoms with Crippen LogP contribution in [0.1, 0.15) is 36.8 Å². The molecule has 6 heteroatoms. The highest BCUT2D eigenvalue weighted by Crippen LogP contribution is 2.16. The van der Waals surface area contributed by atoms with E-state index in [-0.39, 0.29) is 5.97 Å². The zero-order valence-corrected chi connectivity index (χ0v) is 12.7. The molecule has 1 aromatic heterocycles. The lowest BCUT2D eigenvalue weighted by molar-refractivity contribution is 0.0522. The Morgan fingerprint density at radius 2 is 2.30 bits per heavy atom. The van der Waals surface area contributed by atoms with Crippen molar-refractivity contribution < 1.29 is 9.53 Å². The zero-order valence-electron chi connectivity index (χ0n) is 12.7. The number of esters is 1. The van der Waals surface area contributed by atoms with Gasteiger partial charge < -0.3 is 10.1 Å². The van der Waals surface area contributed by atoms with Gasteiger partial charge in [0.25, 0.3) is 0 Å². The van der Waals surface area contributed by atoms with Gasteiger partial charge in [0.15, 0.2) is 0 Å². The lowest BCUT2D eigenvalue weighted by Crippen LogP contribution is -2.54. The largest absolute Gasteiger partial charge is 0.462 e. The maximum atomic E-state index is 12.0. The van der Waals surface area contributed by atoms with Crippen molar-refractivity contribution in [2.45, 2.75) is 39.4 Å². The predicted molar refractivity (Wildman–Crippen MR) is 76.5 cm³/mol. The van der Waals surface area contributed by atoms with Crippen molar-refractivity contribution in [3.63, 3.8) is 0 Å². The maximum Gasteiger partial charge on any atom is 0.341 e. The van der Waals surface area contributed by atoms with Crippen molar-refractivity contribution in [3.05, 3.63) is 17.5 Å². The molecule has 112 valence electrons. The van der Waals surface area contributed by atoms with Crippen LogP contribution in [0.25, 0.3) is 0 Å². The summed E-state index contributed by atoms with van der Waals surface area (Å²) in [7, 11) is 1.87. The smallest absolute Gasteiger partial charge is 0.341 e. The van der Waals surface area contributed by atoms with Crippen molar-refractivity contribution in [1.29, 1.82) is 0 Å². The Morgan fingerprint density at radius 3 is 3.00 bits per heavy atom.